The van der Waals surface area contributed by atoms with Gasteiger partial charge >= 0.3 is 0 Å². The van der Waals surface area contributed by atoms with Gasteiger partial charge in [-0.25, -0.2) is 0 Å². The van der Waals surface area contributed by atoms with E-state index < -0.39 is 0 Å². The molecule has 0 saturated carbocycles. The minimum Gasteiger partial charge on any atom is -0.497 e. The summed E-state index contributed by atoms with van der Waals surface area (Å²) in [6.07, 6.45) is 0. The van der Waals surface area contributed by atoms with Gasteiger partial charge in [-0.3, -0.25) is 0 Å². The van der Waals surface area contributed by atoms with Crippen LogP contribution < -0.4 is 19.9 Å². The highest BCUT2D eigenvalue weighted by Gasteiger charge is 2.31. The molecule has 2 aromatic rings. The number of benzene rings is 2. The van der Waals surface area contributed by atoms with Crippen LogP contribution in [-0.2, 0) is 0 Å². The van der Waals surface area contributed by atoms with E-state index in [0.717, 1.165) is 28.4 Å². The molecule has 0 radical (unpaired) electrons. The summed E-state index contributed by atoms with van der Waals surface area (Å²) < 4.78 is 16.4. The van der Waals surface area contributed by atoms with Gasteiger partial charge in [0.25, 0.3) is 0 Å². The average molecular weight is 285 g/mol. The fraction of sp³-hybridized carbons (Fsp3) is 0.294. The van der Waals surface area contributed by atoms with E-state index in [1.54, 1.807) is 14.2 Å². The highest BCUT2D eigenvalue weighted by Crippen LogP contribution is 2.42. The van der Waals surface area contributed by atoms with Crippen molar-refractivity contribution in [2.75, 3.05) is 20.8 Å². The quantitative estimate of drug-likeness (QED) is 0.938. The lowest BCUT2D eigenvalue weighted by Gasteiger charge is -2.21. The van der Waals surface area contributed by atoms with E-state index in [1.165, 1.54) is 0 Å². The van der Waals surface area contributed by atoms with Gasteiger partial charge in [0.1, 0.15) is 17.2 Å². The zero-order valence-corrected chi connectivity index (χ0v) is 12.2. The van der Waals surface area contributed by atoms with Crippen molar-refractivity contribution in [3.8, 4) is 17.2 Å². The van der Waals surface area contributed by atoms with Gasteiger partial charge in [-0.05, 0) is 12.1 Å². The standard InChI is InChI=1S/C17H19NO3/c1-19-11-7-8-13(16(9-11)20-2)17(18)14-10-21-15-6-4-3-5-12(14)15/h3-9,14,17H,10,18H2,1-2H3. The molecule has 0 amide bonds. The van der Waals surface area contributed by atoms with E-state index in [-0.39, 0.29) is 12.0 Å². The first-order chi connectivity index (χ1) is 10.2. The Balaban J connectivity index is 1.94. The molecule has 0 fully saturated rings. The molecule has 2 unspecified atom stereocenters. The van der Waals surface area contributed by atoms with Crippen molar-refractivity contribution in [1.82, 2.24) is 0 Å². The first-order valence-electron chi connectivity index (χ1n) is 6.94. The normalized spacial score (nSPS) is 17.8. The maximum Gasteiger partial charge on any atom is 0.127 e. The lowest BCUT2D eigenvalue weighted by Crippen LogP contribution is -2.21. The van der Waals surface area contributed by atoms with Gasteiger partial charge in [0.15, 0.2) is 0 Å². The van der Waals surface area contributed by atoms with Crippen LogP contribution in [0.2, 0.25) is 0 Å². The SMILES string of the molecule is COc1ccc(C(N)C2COc3ccccc32)c(OC)c1. The smallest absolute Gasteiger partial charge is 0.127 e. The van der Waals surface area contributed by atoms with Crippen LogP contribution in [0, 0.1) is 0 Å². The van der Waals surface area contributed by atoms with Crippen molar-refractivity contribution >= 4 is 0 Å². The lowest BCUT2D eigenvalue weighted by atomic mass is 9.88. The molecule has 1 aliphatic rings. The maximum absolute atomic E-state index is 6.48. The topological polar surface area (TPSA) is 53.7 Å². The summed E-state index contributed by atoms with van der Waals surface area (Å²) in [4.78, 5) is 0. The Hall–Kier alpha value is -2.20. The van der Waals surface area contributed by atoms with Crippen molar-refractivity contribution in [3.05, 3.63) is 53.6 Å². The van der Waals surface area contributed by atoms with Gasteiger partial charge in [-0.15, -0.1) is 0 Å². The zero-order chi connectivity index (χ0) is 14.8. The van der Waals surface area contributed by atoms with Crippen LogP contribution >= 0.6 is 0 Å². The molecule has 3 rings (SSSR count). The zero-order valence-electron chi connectivity index (χ0n) is 12.2. The fourth-order valence-electron chi connectivity index (χ4n) is 2.80. The number of hydrogen-bond acceptors (Lipinski definition) is 4. The summed E-state index contributed by atoms with van der Waals surface area (Å²) in [5.74, 6) is 2.55. The summed E-state index contributed by atoms with van der Waals surface area (Å²) in [7, 11) is 3.28. The summed E-state index contributed by atoms with van der Waals surface area (Å²) in [5, 5.41) is 0. The Kier molecular flexibility index (Phi) is 3.71. The molecule has 4 nitrogen and oxygen atoms in total. The van der Waals surface area contributed by atoms with Gasteiger partial charge in [-0.1, -0.05) is 24.3 Å². The fourth-order valence-corrected chi connectivity index (χ4v) is 2.80. The number of ether oxygens (including phenoxy) is 3. The van der Waals surface area contributed by atoms with Crippen LogP contribution in [0.15, 0.2) is 42.5 Å². The van der Waals surface area contributed by atoms with Crippen molar-refractivity contribution in [3.63, 3.8) is 0 Å². The van der Waals surface area contributed by atoms with E-state index in [4.69, 9.17) is 19.9 Å². The van der Waals surface area contributed by atoms with E-state index in [2.05, 4.69) is 6.07 Å². The Labute approximate surface area is 124 Å². The number of rotatable bonds is 4. The van der Waals surface area contributed by atoms with Gasteiger partial charge in [0, 0.05) is 29.2 Å². The third kappa shape index (κ3) is 2.43. The monoisotopic (exact) mass is 285 g/mol. The molecule has 110 valence electrons. The summed E-state index contributed by atoms with van der Waals surface area (Å²) in [5.41, 5.74) is 8.60. The van der Waals surface area contributed by atoms with Gasteiger partial charge < -0.3 is 19.9 Å². The summed E-state index contributed by atoms with van der Waals surface area (Å²) in [6.45, 7) is 0.593. The summed E-state index contributed by atoms with van der Waals surface area (Å²) in [6, 6.07) is 13.6. The Bertz CT molecular complexity index is 642. The second-order valence-corrected chi connectivity index (χ2v) is 5.09. The van der Waals surface area contributed by atoms with Crippen LogP contribution in [0.4, 0.5) is 0 Å². The minimum atomic E-state index is -0.186. The maximum atomic E-state index is 6.48. The van der Waals surface area contributed by atoms with Crippen LogP contribution in [0.5, 0.6) is 17.2 Å². The van der Waals surface area contributed by atoms with Gasteiger partial charge in [-0.2, -0.15) is 0 Å². The predicted molar refractivity (Wildman–Crippen MR) is 81.2 cm³/mol. The molecule has 1 heterocycles. The van der Waals surface area contributed by atoms with Crippen molar-refractivity contribution in [1.29, 1.82) is 0 Å². The third-order valence-corrected chi connectivity index (χ3v) is 3.97. The second kappa shape index (κ2) is 5.66. The van der Waals surface area contributed by atoms with Gasteiger partial charge in [0.05, 0.1) is 20.8 Å². The van der Waals surface area contributed by atoms with Crippen LogP contribution in [0.25, 0.3) is 0 Å². The van der Waals surface area contributed by atoms with Gasteiger partial charge in [0.2, 0.25) is 0 Å². The number of methoxy groups -OCH3 is 2. The molecule has 0 spiro atoms. The van der Waals surface area contributed by atoms with Crippen LogP contribution in [-0.4, -0.2) is 20.8 Å². The third-order valence-electron chi connectivity index (χ3n) is 3.97. The van der Waals surface area contributed by atoms with Crippen LogP contribution in [0.1, 0.15) is 23.1 Å². The van der Waals surface area contributed by atoms with Crippen molar-refractivity contribution in [2.24, 2.45) is 5.73 Å². The van der Waals surface area contributed by atoms with E-state index in [0.29, 0.717) is 6.61 Å². The highest BCUT2D eigenvalue weighted by atomic mass is 16.5. The number of hydrogen-bond donors (Lipinski definition) is 1. The van der Waals surface area contributed by atoms with Crippen LogP contribution in [0.3, 0.4) is 0 Å². The second-order valence-electron chi connectivity index (χ2n) is 5.09. The molecule has 0 aliphatic carbocycles. The molecule has 2 N–H and O–H groups in total. The van der Waals surface area contributed by atoms with Crippen molar-refractivity contribution in [2.45, 2.75) is 12.0 Å². The molecular weight excluding hydrogens is 266 g/mol. The first-order valence-corrected chi connectivity index (χ1v) is 6.94. The highest BCUT2D eigenvalue weighted by molar-refractivity contribution is 5.47. The Morgan fingerprint density at radius 3 is 2.71 bits per heavy atom. The largest absolute Gasteiger partial charge is 0.497 e. The molecule has 2 atom stereocenters. The first kappa shape index (κ1) is 13.8. The molecule has 0 bridgehead atoms. The number of fused-ring (bicyclic) bond motifs is 1. The Morgan fingerprint density at radius 1 is 1.14 bits per heavy atom. The lowest BCUT2D eigenvalue weighted by molar-refractivity contribution is 0.312. The van der Waals surface area contributed by atoms with E-state index in [1.807, 2.05) is 36.4 Å². The molecule has 1 aliphatic heterocycles. The summed E-state index contributed by atoms with van der Waals surface area (Å²) >= 11 is 0. The molecule has 4 heteroatoms. The molecule has 21 heavy (non-hydrogen) atoms. The predicted octanol–water partition coefficient (Wildman–Crippen LogP) is 2.88. The number of para-hydroxylation sites is 1. The van der Waals surface area contributed by atoms with E-state index >= 15 is 0 Å². The molecular formula is C17H19NO3. The molecule has 0 aromatic heterocycles. The molecule has 0 saturated heterocycles. The average Bonchev–Trinajstić information content (AvgIpc) is 2.97. The number of nitrogens with two attached hydrogens (primary N) is 1. The Morgan fingerprint density at radius 2 is 1.95 bits per heavy atom. The minimum absolute atomic E-state index is 0.128. The molecule has 2 aromatic carbocycles. The van der Waals surface area contributed by atoms with E-state index in [9.17, 15) is 0 Å². The van der Waals surface area contributed by atoms with Crippen molar-refractivity contribution < 1.29 is 14.2 Å².